The van der Waals surface area contributed by atoms with E-state index in [-0.39, 0.29) is 5.91 Å². The highest BCUT2D eigenvalue weighted by atomic mass is 16.1. The molecular weight excluding hydrogens is 440 g/mol. The van der Waals surface area contributed by atoms with Crippen LogP contribution in [0.3, 0.4) is 0 Å². The van der Waals surface area contributed by atoms with Crippen LogP contribution in [0.1, 0.15) is 32.7 Å². The van der Waals surface area contributed by atoms with Crippen molar-refractivity contribution >= 4 is 28.8 Å². The van der Waals surface area contributed by atoms with Crippen LogP contribution in [-0.4, -0.2) is 33.4 Å². The molecule has 0 aliphatic rings. The van der Waals surface area contributed by atoms with E-state index in [9.17, 15) is 4.79 Å². The van der Waals surface area contributed by atoms with Crippen molar-refractivity contribution in [3.05, 3.63) is 101 Å². The molecule has 0 spiro atoms. The van der Waals surface area contributed by atoms with Gasteiger partial charge >= 0.3 is 0 Å². The van der Waals surface area contributed by atoms with Gasteiger partial charge in [-0.3, -0.25) is 9.79 Å². The summed E-state index contributed by atoms with van der Waals surface area (Å²) in [5, 5.41) is 19.3. The van der Waals surface area contributed by atoms with E-state index in [0.29, 0.717) is 40.5 Å². The summed E-state index contributed by atoms with van der Waals surface area (Å²) in [5.41, 5.74) is 11.1. The lowest BCUT2D eigenvalue weighted by Gasteiger charge is -2.12. The maximum atomic E-state index is 12.3. The molecule has 0 bridgehead atoms. The zero-order valence-corrected chi connectivity index (χ0v) is 19.4. The molecule has 0 unspecified atom stereocenters. The largest absolute Gasteiger partial charge is 0.384 e. The first-order valence-electron chi connectivity index (χ1n) is 10.9. The Labute approximate surface area is 202 Å². The van der Waals surface area contributed by atoms with Gasteiger partial charge in [0.2, 0.25) is 0 Å². The molecule has 0 saturated carbocycles. The lowest BCUT2D eigenvalue weighted by molar-refractivity contribution is 0.0964. The number of hydrogen-bond acceptors (Lipinski definition) is 6. The Morgan fingerprint density at radius 1 is 1.23 bits per heavy atom. The van der Waals surface area contributed by atoms with Crippen molar-refractivity contribution in [2.24, 2.45) is 10.7 Å². The first kappa shape index (κ1) is 23.2. The number of aromatic nitrogens is 3. The summed E-state index contributed by atoms with van der Waals surface area (Å²) < 4.78 is 1.64. The van der Waals surface area contributed by atoms with Crippen molar-refractivity contribution in [2.75, 3.05) is 12.4 Å². The molecule has 9 nitrogen and oxygen atoms in total. The number of anilines is 1. The van der Waals surface area contributed by atoms with Crippen LogP contribution >= 0.6 is 0 Å². The first-order valence-corrected chi connectivity index (χ1v) is 10.9. The molecule has 4 aromatic rings. The van der Waals surface area contributed by atoms with Crippen LogP contribution in [0.25, 0.3) is 11.2 Å². The molecule has 9 heteroatoms. The normalized spacial score (nSPS) is 11.8. The SMILES string of the molecule is CNC(=O)c1cnn2ccc(/C(=C/C(N)=NCc3cccc(C#N)c3)Nc3cccc(C)n3)cc12. The number of aryl methyl sites for hydroxylation is 1. The van der Waals surface area contributed by atoms with Gasteiger partial charge in [0.05, 0.1) is 41.2 Å². The van der Waals surface area contributed by atoms with E-state index in [1.165, 1.54) is 6.20 Å². The van der Waals surface area contributed by atoms with Crippen molar-refractivity contribution in [3.63, 3.8) is 0 Å². The summed E-state index contributed by atoms with van der Waals surface area (Å²) in [4.78, 5) is 21.3. The Kier molecular flexibility index (Phi) is 6.83. The number of nitrogens with one attached hydrogen (secondary N) is 2. The Bertz CT molecular complexity index is 1490. The van der Waals surface area contributed by atoms with Crippen LogP contribution in [0, 0.1) is 18.3 Å². The topological polar surface area (TPSA) is 133 Å². The molecule has 3 heterocycles. The van der Waals surface area contributed by atoms with Crippen LogP contribution in [0.15, 0.2) is 78.1 Å². The zero-order chi connectivity index (χ0) is 24.8. The minimum Gasteiger partial charge on any atom is -0.384 e. The van der Waals surface area contributed by atoms with Crippen molar-refractivity contribution in [3.8, 4) is 6.07 Å². The summed E-state index contributed by atoms with van der Waals surface area (Å²) in [6, 6.07) is 18.8. The second-order valence-corrected chi connectivity index (χ2v) is 7.78. The van der Waals surface area contributed by atoms with Gasteiger partial charge in [-0.1, -0.05) is 18.2 Å². The first-order chi connectivity index (χ1) is 17.0. The van der Waals surface area contributed by atoms with Gasteiger partial charge < -0.3 is 16.4 Å². The second-order valence-electron chi connectivity index (χ2n) is 7.78. The van der Waals surface area contributed by atoms with Gasteiger partial charge in [0.1, 0.15) is 11.7 Å². The molecule has 0 saturated heterocycles. The van der Waals surface area contributed by atoms with E-state index in [1.54, 1.807) is 36.0 Å². The minimum atomic E-state index is -0.225. The molecule has 0 aliphatic heterocycles. The molecule has 0 aliphatic carbocycles. The summed E-state index contributed by atoms with van der Waals surface area (Å²) in [7, 11) is 1.58. The molecule has 1 amide bonds. The molecule has 0 radical (unpaired) electrons. The molecule has 35 heavy (non-hydrogen) atoms. The number of fused-ring (bicyclic) bond motifs is 1. The summed E-state index contributed by atoms with van der Waals surface area (Å²) >= 11 is 0. The van der Waals surface area contributed by atoms with Gasteiger partial charge in [-0.15, -0.1) is 0 Å². The lowest BCUT2D eigenvalue weighted by Crippen LogP contribution is -2.17. The van der Waals surface area contributed by atoms with E-state index in [0.717, 1.165) is 16.8 Å². The maximum absolute atomic E-state index is 12.3. The lowest BCUT2D eigenvalue weighted by atomic mass is 10.1. The van der Waals surface area contributed by atoms with Crippen LogP contribution in [0.2, 0.25) is 0 Å². The third-order valence-corrected chi connectivity index (χ3v) is 5.25. The predicted octanol–water partition coefficient (Wildman–Crippen LogP) is 3.28. The van der Waals surface area contributed by atoms with E-state index < -0.39 is 0 Å². The van der Waals surface area contributed by atoms with Gasteiger partial charge in [-0.2, -0.15) is 10.4 Å². The number of carbonyl (C=O) groups excluding carboxylic acids is 1. The predicted molar refractivity (Wildman–Crippen MR) is 136 cm³/mol. The maximum Gasteiger partial charge on any atom is 0.254 e. The number of carbonyl (C=O) groups is 1. The molecule has 0 fully saturated rings. The van der Waals surface area contributed by atoms with Gasteiger partial charge in [-0.25, -0.2) is 9.50 Å². The van der Waals surface area contributed by atoms with Gasteiger partial charge in [0.15, 0.2) is 0 Å². The zero-order valence-electron chi connectivity index (χ0n) is 19.4. The molecular formula is C26H24N8O. The minimum absolute atomic E-state index is 0.225. The standard InChI is InChI=1S/C26H24N8O/c1-17-5-3-8-25(32-17)33-22(13-24(28)30-15-19-7-4-6-18(11-19)14-27)20-9-10-34-23(12-20)21(16-31-34)26(35)29-2/h3-13,16H,15H2,1-2H3,(H2,28,30)(H,29,35)(H,32,33)/b22-13-. The monoisotopic (exact) mass is 464 g/mol. The number of nitrogens with two attached hydrogens (primary N) is 1. The number of pyridine rings is 2. The Balaban J connectivity index is 1.72. The number of nitrogens with zero attached hydrogens (tertiary/aromatic N) is 5. The Hall–Kier alpha value is -4.97. The average molecular weight is 465 g/mol. The summed E-state index contributed by atoms with van der Waals surface area (Å²) in [6.07, 6.45) is 5.03. The fraction of sp³-hybridized carbons (Fsp3) is 0.115. The Morgan fingerprint density at radius 3 is 2.83 bits per heavy atom. The third kappa shape index (κ3) is 5.51. The number of benzene rings is 1. The van der Waals surface area contributed by atoms with E-state index in [2.05, 4.69) is 31.8 Å². The number of amidine groups is 1. The van der Waals surface area contributed by atoms with Crippen LogP contribution < -0.4 is 16.4 Å². The highest BCUT2D eigenvalue weighted by Crippen LogP contribution is 2.21. The number of amides is 1. The second kappa shape index (κ2) is 10.3. The molecule has 1 aromatic carbocycles. The quantitative estimate of drug-likeness (QED) is 0.284. The van der Waals surface area contributed by atoms with Crippen molar-refractivity contribution < 1.29 is 4.79 Å². The van der Waals surface area contributed by atoms with E-state index >= 15 is 0 Å². The smallest absolute Gasteiger partial charge is 0.254 e. The Morgan fingerprint density at radius 2 is 2.06 bits per heavy atom. The molecule has 0 atom stereocenters. The number of nitriles is 1. The third-order valence-electron chi connectivity index (χ3n) is 5.25. The fourth-order valence-electron chi connectivity index (χ4n) is 3.52. The fourth-order valence-corrected chi connectivity index (χ4v) is 3.52. The van der Waals surface area contributed by atoms with Crippen molar-refractivity contribution in [1.29, 1.82) is 5.26 Å². The van der Waals surface area contributed by atoms with Gasteiger partial charge in [-0.05, 0) is 48.9 Å². The van der Waals surface area contributed by atoms with E-state index in [1.807, 2.05) is 49.4 Å². The van der Waals surface area contributed by atoms with E-state index in [4.69, 9.17) is 11.0 Å². The highest BCUT2D eigenvalue weighted by Gasteiger charge is 2.13. The van der Waals surface area contributed by atoms with Crippen LogP contribution in [0.5, 0.6) is 0 Å². The van der Waals surface area contributed by atoms with Crippen molar-refractivity contribution in [1.82, 2.24) is 19.9 Å². The van der Waals surface area contributed by atoms with Crippen LogP contribution in [-0.2, 0) is 6.54 Å². The molecule has 4 N–H and O–H groups in total. The molecule has 174 valence electrons. The average Bonchev–Trinajstić information content (AvgIpc) is 3.30. The van der Waals surface area contributed by atoms with Crippen LogP contribution in [0.4, 0.5) is 5.82 Å². The summed E-state index contributed by atoms with van der Waals surface area (Å²) in [5.74, 6) is 0.713. The highest BCUT2D eigenvalue weighted by molar-refractivity contribution is 6.02. The number of aliphatic imine (C=N–C) groups is 1. The molecule has 4 rings (SSSR count). The number of rotatable bonds is 7. The number of hydrogen-bond donors (Lipinski definition) is 3. The molecule has 3 aromatic heterocycles. The van der Waals surface area contributed by atoms with Gasteiger partial charge in [0, 0.05) is 30.6 Å². The van der Waals surface area contributed by atoms with Gasteiger partial charge in [0.25, 0.3) is 5.91 Å². The van der Waals surface area contributed by atoms with Crippen molar-refractivity contribution in [2.45, 2.75) is 13.5 Å². The summed E-state index contributed by atoms with van der Waals surface area (Å²) in [6.45, 7) is 2.24.